The fourth-order valence-electron chi connectivity index (χ4n) is 1.18. The zero-order valence-corrected chi connectivity index (χ0v) is 4.89. The molecule has 0 unspecified atom stereocenters. The Morgan fingerprint density at radius 1 is 1.75 bits per heavy atom. The minimum atomic E-state index is -0.959. The van der Waals surface area contributed by atoms with E-state index in [1.54, 1.807) is 0 Å². The van der Waals surface area contributed by atoms with Crippen molar-refractivity contribution in [2.45, 2.75) is 25.4 Å². The summed E-state index contributed by atoms with van der Waals surface area (Å²) in [6.45, 7) is 2.03. The van der Waals surface area contributed by atoms with E-state index in [4.69, 9.17) is 10.4 Å². The summed E-state index contributed by atoms with van der Waals surface area (Å²) in [4.78, 5) is 0. The summed E-state index contributed by atoms with van der Waals surface area (Å²) in [5, 5.41) is 17.3. The van der Waals surface area contributed by atoms with Crippen molar-refractivity contribution in [3.05, 3.63) is 0 Å². The molecule has 1 N–H and O–H groups in total. The maximum absolute atomic E-state index is 9.03. The maximum Gasteiger partial charge on any atom is 0.151 e. The van der Waals surface area contributed by atoms with Gasteiger partial charge < -0.3 is 5.11 Å². The van der Waals surface area contributed by atoms with Gasteiger partial charge in [0.25, 0.3) is 0 Å². The molecular formula is C6H9NO. The van der Waals surface area contributed by atoms with Crippen LogP contribution in [0, 0.1) is 17.2 Å². The van der Waals surface area contributed by atoms with Crippen LogP contribution in [0.15, 0.2) is 0 Å². The Balaban J connectivity index is 2.44. The monoisotopic (exact) mass is 111 g/mol. The molecule has 0 aliphatic heterocycles. The topological polar surface area (TPSA) is 44.0 Å². The van der Waals surface area contributed by atoms with E-state index in [0.717, 1.165) is 0 Å². The quantitative estimate of drug-likeness (QED) is 0.467. The van der Waals surface area contributed by atoms with Crippen LogP contribution in [0.3, 0.4) is 0 Å². The van der Waals surface area contributed by atoms with E-state index in [1.165, 1.54) is 0 Å². The van der Waals surface area contributed by atoms with Crippen molar-refractivity contribution in [3.63, 3.8) is 0 Å². The lowest BCUT2D eigenvalue weighted by Crippen LogP contribution is -2.40. The largest absolute Gasteiger partial charge is 0.375 e. The van der Waals surface area contributed by atoms with Crippen molar-refractivity contribution in [3.8, 4) is 6.07 Å². The number of nitrogens with zero attached hydrogens (tertiary/aromatic N) is 1. The molecule has 0 heterocycles. The Labute approximate surface area is 48.7 Å². The van der Waals surface area contributed by atoms with E-state index in [2.05, 4.69) is 0 Å². The fourth-order valence-corrected chi connectivity index (χ4v) is 1.18. The van der Waals surface area contributed by atoms with Gasteiger partial charge in [0.2, 0.25) is 0 Å². The summed E-state index contributed by atoms with van der Waals surface area (Å²) >= 11 is 0. The lowest BCUT2D eigenvalue weighted by molar-refractivity contribution is -0.0167. The van der Waals surface area contributed by atoms with Crippen LogP contribution in [0.4, 0.5) is 0 Å². The normalized spacial score (nSPS) is 44.9. The zero-order valence-electron chi connectivity index (χ0n) is 4.89. The summed E-state index contributed by atoms with van der Waals surface area (Å²) in [7, 11) is 0. The minimum Gasteiger partial charge on any atom is -0.375 e. The van der Waals surface area contributed by atoms with Crippen LogP contribution in [-0.4, -0.2) is 10.7 Å². The van der Waals surface area contributed by atoms with Gasteiger partial charge in [-0.3, -0.25) is 0 Å². The van der Waals surface area contributed by atoms with Crippen molar-refractivity contribution in [2.75, 3.05) is 0 Å². The molecule has 0 aromatic rings. The zero-order chi connectivity index (χ0) is 6.20. The minimum absolute atomic E-state index is 0.541. The average Bonchev–Trinajstić information content (AvgIpc) is 1.63. The van der Waals surface area contributed by atoms with Gasteiger partial charge in [-0.1, -0.05) is 6.92 Å². The van der Waals surface area contributed by atoms with Crippen LogP contribution in [0.25, 0.3) is 0 Å². The van der Waals surface area contributed by atoms with Gasteiger partial charge in [0.15, 0.2) is 5.60 Å². The molecule has 0 aromatic carbocycles. The third-order valence-corrected chi connectivity index (χ3v) is 1.58. The number of hydrogen-bond acceptors (Lipinski definition) is 2. The molecule has 1 fully saturated rings. The van der Waals surface area contributed by atoms with Crippen LogP contribution >= 0.6 is 0 Å². The summed E-state index contributed by atoms with van der Waals surface area (Å²) < 4.78 is 0. The molecular weight excluding hydrogens is 102 g/mol. The number of aliphatic hydroxyl groups is 1. The Bertz CT molecular complexity index is 130. The van der Waals surface area contributed by atoms with Gasteiger partial charge in [0.05, 0.1) is 6.07 Å². The van der Waals surface area contributed by atoms with Gasteiger partial charge in [-0.15, -0.1) is 0 Å². The Hall–Kier alpha value is -0.550. The van der Waals surface area contributed by atoms with Crippen LogP contribution in [0.1, 0.15) is 19.8 Å². The molecule has 0 bridgehead atoms. The first-order valence-electron chi connectivity index (χ1n) is 2.80. The summed E-state index contributed by atoms with van der Waals surface area (Å²) in [5.41, 5.74) is -0.959. The molecule has 0 amide bonds. The van der Waals surface area contributed by atoms with Gasteiger partial charge in [0, 0.05) is 0 Å². The van der Waals surface area contributed by atoms with Crippen molar-refractivity contribution >= 4 is 0 Å². The summed E-state index contributed by atoms with van der Waals surface area (Å²) in [5.74, 6) is 0.541. The van der Waals surface area contributed by atoms with Gasteiger partial charge >= 0.3 is 0 Å². The third-order valence-electron chi connectivity index (χ3n) is 1.58. The number of nitriles is 1. The predicted molar refractivity (Wildman–Crippen MR) is 29.0 cm³/mol. The SMILES string of the molecule is CC1CC(O)(C#N)C1. The highest BCUT2D eigenvalue weighted by molar-refractivity contribution is 5.08. The molecule has 0 saturated heterocycles. The van der Waals surface area contributed by atoms with E-state index in [0.29, 0.717) is 18.8 Å². The molecule has 0 radical (unpaired) electrons. The van der Waals surface area contributed by atoms with E-state index < -0.39 is 5.60 Å². The molecule has 1 aliphatic rings. The molecule has 1 rings (SSSR count). The van der Waals surface area contributed by atoms with E-state index in [9.17, 15) is 0 Å². The Morgan fingerprint density at radius 3 is 2.38 bits per heavy atom. The maximum atomic E-state index is 9.03. The average molecular weight is 111 g/mol. The van der Waals surface area contributed by atoms with Crippen LogP contribution < -0.4 is 0 Å². The van der Waals surface area contributed by atoms with Gasteiger partial charge in [-0.2, -0.15) is 5.26 Å². The van der Waals surface area contributed by atoms with Gasteiger partial charge in [-0.05, 0) is 18.8 Å². The van der Waals surface area contributed by atoms with Crippen molar-refractivity contribution in [1.82, 2.24) is 0 Å². The lowest BCUT2D eigenvalue weighted by Gasteiger charge is -2.35. The molecule has 2 heteroatoms. The fraction of sp³-hybridized carbons (Fsp3) is 0.833. The van der Waals surface area contributed by atoms with Crippen molar-refractivity contribution in [1.29, 1.82) is 5.26 Å². The molecule has 0 spiro atoms. The second-order valence-corrected chi connectivity index (χ2v) is 2.66. The summed E-state index contributed by atoms with van der Waals surface area (Å²) in [6.07, 6.45) is 1.31. The first kappa shape index (κ1) is 5.58. The number of rotatable bonds is 0. The standard InChI is InChI=1S/C6H9NO/c1-5-2-6(8,3-5)4-7/h5,8H,2-3H2,1H3. The highest BCUT2D eigenvalue weighted by Crippen LogP contribution is 2.36. The first-order chi connectivity index (χ1) is 3.66. The highest BCUT2D eigenvalue weighted by Gasteiger charge is 2.40. The second-order valence-electron chi connectivity index (χ2n) is 2.66. The summed E-state index contributed by atoms with van der Waals surface area (Å²) in [6, 6.07) is 1.86. The number of hydrogen-bond donors (Lipinski definition) is 1. The second kappa shape index (κ2) is 1.46. The first-order valence-corrected chi connectivity index (χ1v) is 2.80. The van der Waals surface area contributed by atoms with Gasteiger partial charge in [0.1, 0.15) is 0 Å². The van der Waals surface area contributed by atoms with E-state index in [1.807, 2.05) is 13.0 Å². The van der Waals surface area contributed by atoms with E-state index >= 15 is 0 Å². The molecule has 2 nitrogen and oxygen atoms in total. The molecule has 1 saturated carbocycles. The highest BCUT2D eigenvalue weighted by atomic mass is 16.3. The molecule has 1 aliphatic carbocycles. The van der Waals surface area contributed by atoms with Crippen molar-refractivity contribution in [2.24, 2.45) is 5.92 Å². The lowest BCUT2D eigenvalue weighted by atomic mass is 9.73. The Kier molecular flexibility index (Phi) is 1.02. The van der Waals surface area contributed by atoms with E-state index in [-0.39, 0.29) is 0 Å². The van der Waals surface area contributed by atoms with Crippen LogP contribution in [0.5, 0.6) is 0 Å². The molecule has 0 atom stereocenters. The van der Waals surface area contributed by atoms with Crippen molar-refractivity contribution < 1.29 is 5.11 Å². The van der Waals surface area contributed by atoms with Gasteiger partial charge in [-0.25, -0.2) is 0 Å². The molecule has 0 aromatic heterocycles. The van der Waals surface area contributed by atoms with Crippen LogP contribution in [0.2, 0.25) is 0 Å². The predicted octanol–water partition coefficient (Wildman–Crippen LogP) is 0.671. The smallest absolute Gasteiger partial charge is 0.151 e. The van der Waals surface area contributed by atoms with Crippen LogP contribution in [-0.2, 0) is 0 Å². The third kappa shape index (κ3) is 0.696. The molecule has 8 heavy (non-hydrogen) atoms. The Morgan fingerprint density at radius 2 is 2.25 bits per heavy atom. The molecule has 44 valence electrons.